The molecule has 0 radical (unpaired) electrons. The maximum Gasteiger partial charge on any atom is 0.338 e. The third-order valence-corrected chi connectivity index (χ3v) is 2.78. The molecule has 72 valence electrons. The first-order valence-corrected chi connectivity index (χ1v) is 4.78. The van der Waals surface area contributed by atoms with Crippen LogP contribution in [0, 0.1) is 0 Å². The van der Waals surface area contributed by atoms with Crippen LogP contribution in [-0.4, -0.2) is 18.7 Å². The molecule has 0 aromatic heterocycles. The summed E-state index contributed by atoms with van der Waals surface area (Å²) >= 11 is 0. The molecule has 0 spiro atoms. The second-order valence-electron chi connectivity index (χ2n) is 3.61. The molecule has 0 N–H and O–H groups in total. The number of hydrogen-bond acceptors (Lipinski definition) is 3. The van der Waals surface area contributed by atoms with Gasteiger partial charge < -0.3 is 9.47 Å². The van der Waals surface area contributed by atoms with Gasteiger partial charge in [0.15, 0.2) is 0 Å². The van der Waals surface area contributed by atoms with Crippen LogP contribution in [0.25, 0.3) is 0 Å². The molecule has 14 heavy (non-hydrogen) atoms. The van der Waals surface area contributed by atoms with Crippen molar-refractivity contribution in [1.29, 1.82) is 0 Å². The number of fused-ring (bicyclic) bond motifs is 3. The maximum absolute atomic E-state index is 11.6. The summed E-state index contributed by atoms with van der Waals surface area (Å²) in [7, 11) is 0. The van der Waals surface area contributed by atoms with Crippen LogP contribution < -0.4 is 0 Å². The molecule has 1 fully saturated rings. The normalized spacial score (nSPS) is 29.3. The second kappa shape index (κ2) is 2.82. The minimum absolute atomic E-state index is 0.0381. The zero-order chi connectivity index (χ0) is 9.54. The molecule has 1 saturated heterocycles. The molecule has 2 aliphatic rings. The molecule has 3 nitrogen and oxygen atoms in total. The van der Waals surface area contributed by atoms with Gasteiger partial charge in [-0.15, -0.1) is 0 Å². The van der Waals surface area contributed by atoms with Gasteiger partial charge in [-0.05, 0) is 11.6 Å². The van der Waals surface area contributed by atoms with Gasteiger partial charge >= 0.3 is 5.97 Å². The van der Waals surface area contributed by atoms with Crippen LogP contribution in [0.1, 0.15) is 28.4 Å². The summed E-state index contributed by atoms with van der Waals surface area (Å²) in [6, 6.07) is 7.50. The van der Waals surface area contributed by atoms with Gasteiger partial charge in [0.1, 0.15) is 12.2 Å². The summed E-state index contributed by atoms with van der Waals surface area (Å²) in [6.45, 7) is 0.678. The Labute approximate surface area is 81.6 Å². The summed E-state index contributed by atoms with van der Waals surface area (Å²) in [5.74, 6) is -0.215. The lowest BCUT2D eigenvalue weighted by Gasteiger charge is -2.26. The Kier molecular flexibility index (Phi) is 1.61. The van der Waals surface area contributed by atoms with Gasteiger partial charge in [-0.1, -0.05) is 18.2 Å². The highest BCUT2D eigenvalue weighted by Crippen LogP contribution is 2.37. The van der Waals surface area contributed by atoms with Gasteiger partial charge in [-0.25, -0.2) is 4.79 Å². The van der Waals surface area contributed by atoms with E-state index in [1.54, 1.807) is 6.07 Å². The predicted octanol–water partition coefficient (Wildman–Crippen LogP) is 1.69. The molecule has 3 heteroatoms. The average molecular weight is 190 g/mol. The topological polar surface area (TPSA) is 35.5 Å². The van der Waals surface area contributed by atoms with Gasteiger partial charge in [0, 0.05) is 6.42 Å². The first-order valence-electron chi connectivity index (χ1n) is 4.78. The molecule has 0 bridgehead atoms. The fraction of sp³-hybridized carbons (Fsp3) is 0.364. The van der Waals surface area contributed by atoms with E-state index < -0.39 is 0 Å². The number of carbonyl (C=O) groups excluding carboxylic acids is 1. The Bertz CT molecular complexity index is 386. The van der Waals surface area contributed by atoms with Crippen molar-refractivity contribution < 1.29 is 14.3 Å². The number of ether oxygens (including phenoxy) is 2. The molecule has 0 amide bonds. The number of rotatable bonds is 0. The van der Waals surface area contributed by atoms with E-state index in [9.17, 15) is 4.79 Å². The molecule has 2 aliphatic heterocycles. The molecular formula is C11H10O3. The number of esters is 1. The Morgan fingerprint density at radius 2 is 2.14 bits per heavy atom. The first-order chi connectivity index (χ1) is 6.86. The lowest BCUT2D eigenvalue weighted by Crippen LogP contribution is -2.28. The minimum atomic E-state index is -0.215. The smallest absolute Gasteiger partial charge is 0.338 e. The van der Waals surface area contributed by atoms with Crippen LogP contribution >= 0.6 is 0 Å². The number of carbonyl (C=O) groups is 1. The van der Waals surface area contributed by atoms with Gasteiger partial charge in [-0.3, -0.25) is 0 Å². The van der Waals surface area contributed by atoms with Gasteiger partial charge in [0.2, 0.25) is 0 Å². The Hall–Kier alpha value is -1.35. The third kappa shape index (κ3) is 0.990. The van der Waals surface area contributed by atoms with Crippen molar-refractivity contribution in [1.82, 2.24) is 0 Å². The van der Waals surface area contributed by atoms with E-state index in [0.29, 0.717) is 12.2 Å². The van der Waals surface area contributed by atoms with Crippen LogP contribution in [0.5, 0.6) is 0 Å². The Morgan fingerprint density at radius 1 is 1.29 bits per heavy atom. The lowest BCUT2D eigenvalue weighted by atomic mass is 9.96. The van der Waals surface area contributed by atoms with E-state index in [-0.39, 0.29) is 18.2 Å². The molecule has 2 atom stereocenters. The number of benzene rings is 1. The van der Waals surface area contributed by atoms with Gasteiger partial charge in [-0.2, -0.15) is 0 Å². The molecule has 0 saturated carbocycles. The van der Waals surface area contributed by atoms with Gasteiger partial charge in [0.05, 0.1) is 12.2 Å². The van der Waals surface area contributed by atoms with E-state index in [0.717, 1.165) is 12.0 Å². The molecular weight excluding hydrogens is 180 g/mol. The minimum Gasteiger partial charge on any atom is -0.456 e. The summed E-state index contributed by atoms with van der Waals surface area (Å²) in [4.78, 5) is 11.6. The van der Waals surface area contributed by atoms with E-state index in [4.69, 9.17) is 9.47 Å². The SMILES string of the molecule is O=C1O[C@H]2CCOC2c2ccccc21. The van der Waals surface area contributed by atoms with Crippen molar-refractivity contribution in [2.24, 2.45) is 0 Å². The van der Waals surface area contributed by atoms with Crippen LogP contribution in [0.3, 0.4) is 0 Å². The largest absolute Gasteiger partial charge is 0.456 e. The van der Waals surface area contributed by atoms with Crippen LogP contribution in [0.4, 0.5) is 0 Å². The Morgan fingerprint density at radius 3 is 3.07 bits per heavy atom. The third-order valence-electron chi connectivity index (χ3n) is 2.78. The summed E-state index contributed by atoms with van der Waals surface area (Å²) < 4.78 is 10.8. The fourth-order valence-electron chi connectivity index (χ4n) is 2.11. The zero-order valence-electron chi connectivity index (χ0n) is 7.60. The molecule has 1 aromatic rings. The number of hydrogen-bond donors (Lipinski definition) is 0. The monoisotopic (exact) mass is 190 g/mol. The van der Waals surface area contributed by atoms with E-state index >= 15 is 0 Å². The average Bonchev–Trinajstić information content (AvgIpc) is 2.66. The highest BCUT2D eigenvalue weighted by Gasteiger charge is 2.39. The van der Waals surface area contributed by atoms with E-state index in [2.05, 4.69) is 0 Å². The van der Waals surface area contributed by atoms with E-state index in [1.807, 2.05) is 18.2 Å². The van der Waals surface area contributed by atoms with Crippen molar-refractivity contribution in [3.8, 4) is 0 Å². The molecule has 0 aliphatic carbocycles. The van der Waals surface area contributed by atoms with Crippen molar-refractivity contribution >= 4 is 5.97 Å². The molecule has 1 unspecified atom stereocenters. The lowest BCUT2D eigenvalue weighted by molar-refractivity contribution is -0.00967. The molecule has 3 rings (SSSR count). The summed E-state index contributed by atoms with van der Waals surface area (Å²) in [5, 5.41) is 0. The highest BCUT2D eigenvalue weighted by molar-refractivity contribution is 5.92. The summed E-state index contributed by atoms with van der Waals surface area (Å²) in [6.07, 6.45) is 0.700. The second-order valence-corrected chi connectivity index (χ2v) is 3.61. The predicted molar refractivity (Wildman–Crippen MR) is 49.0 cm³/mol. The van der Waals surface area contributed by atoms with Crippen LogP contribution in [0.2, 0.25) is 0 Å². The Balaban J connectivity index is 2.13. The van der Waals surface area contributed by atoms with Crippen molar-refractivity contribution in [2.45, 2.75) is 18.6 Å². The zero-order valence-corrected chi connectivity index (χ0v) is 7.60. The van der Waals surface area contributed by atoms with Gasteiger partial charge in [0.25, 0.3) is 0 Å². The van der Waals surface area contributed by atoms with Crippen LogP contribution in [-0.2, 0) is 9.47 Å². The van der Waals surface area contributed by atoms with Crippen molar-refractivity contribution in [3.63, 3.8) is 0 Å². The fourth-order valence-corrected chi connectivity index (χ4v) is 2.11. The molecule has 2 heterocycles. The highest BCUT2D eigenvalue weighted by atomic mass is 16.6. The quantitative estimate of drug-likeness (QED) is 0.584. The van der Waals surface area contributed by atoms with Crippen molar-refractivity contribution in [2.75, 3.05) is 6.61 Å². The van der Waals surface area contributed by atoms with E-state index in [1.165, 1.54) is 0 Å². The maximum atomic E-state index is 11.6. The van der Waals surface area contributed by atoms with Crippen LogP contribution in [0.15, 0.2) is 24.3 Å². The molecule has 1 aromatic carbocycles. The summed E-state index contributed by atoms with van der Waals surface area (Å²) in [5.41, 5.74) is 1.63. The first kappa shape index (κ1) is 8.00. The standard InChI is InChI=1S/C11H10O3/c12-11-8-4-2-1-3-7(8)10-9(14-11)5-6-13-10/h1-4,9-10H,5-6H2/t9-,10?/m0/s1. The van der Waals surface area contributed by atoms with Crippen molar-refractivity contribution in [3.05, 3.63) is 35.4 Å².